The number of carbonyl (C=O) groups excluding carboxylic acids is 2. The molecule has 3 aromatic rings. The molecule has 0 spiro atoms. The van der Waals surface area contributed by atoms with Crippen LogP contribution in [0, 0.1) is 0 Å². The van der Waals surface area contributed by atoms with Gasteiger partial charge < -0.3 is 19.5 Å². The van der Waals surface area contributed by atoms with Crippen LogP contribution in [0.2, 0.25) is 0 Å². The number of ether oxygens (including phenoxy) is 3. The van der Waals surface area contributed by atoms with Crippen LogP contribution in [0.5, 0.6) is 11.5 Å². The fourth-order valence-corrected chi connectivity index (χ4v) is 4.56. The number of aromatic nitrogens is 1. The molecule has 0 fully saturated rings. The van der Waals surface area contributed by atoms with Gasteiger partial charge in [-0.15, -0.1) is 11.3 Å². The third kappa shape index (κ3) is 4.76. The van der Waals surface area contributed by atoms with Crippen molar-refractivity contribution in [3.63, 3.8) is 0 Å². The zero-order chi connectivity index (χ0) is 24.2. The number of anilines is 2. The highest BCUT2D eigenvalue weighted by atomic mass is 32.1. The Hall–Kier alpha value is -3.43. The van der Waals surface area contributed by atoms with Gasteiger partial charge in [-0.05, 0) is 44.2 Å². The van der Waals surface area contributed by atoms with Crippen LogP contribution in [-0.4, -0.2) is 49.8 Å². The zero-order valence-corrected chi connectivity index (χ0v) is 20.3. The van der Waals surface area contributed by atoms with Crippen LogP contribution < -0.4 is 19.7 Å². The van der Waals surface area contributed by atoms with Gasteiger partial charge in [0.1, 0.15) is 17.5 Å². The molecule has 2 amide bonds. The number of thiazole rings is 1. The minimum atomic E-state index is -0.787. The van der Waals surface area contributed by atoms with Gasteiger partial charge in [0, 0.05) is 24.5 Å². The predicted molar refractivity (Wildman–Crippen MR) is 132 cm³/mol. The van der Waals surface area contributed by atoms with Crippen molar-refractivity contribution in [1.82, 2.24) is 4.98 Å². The maximum Gasteiger partial charge on any atom is 0.268 e. The molecule has 1 aliphatic rings. The van der Waals surface area contributed by atoms with E-state index in [4.69, 9.17) is 14.2 Å². The maximum atomic E-state index is 13.2. The Bertz CT molecular complexity index is 1190. The average Bonchev–Trinajstić information content (AvgIpc) is 3.32. The Morgan fingerprint density at radius 1 is 1.26 bits per heavy atom. The number of hydrogen-bond donors (Lipinski definition) is 1. The molecule has 1 aliphatic heterocycles. The van der Waals surface area contributed by atoms with Crippen molar-refractivity contribution in [3.05, 3.63) is 52.9 Å². The van der Waals surface area contributed by atoms with Gasteiger partial charge in [0.05, 0.1) is 35.8 Å². The number of hydrogen-bond acceptors (Lipinski definition) is 7. The first-order chi connectivity index (χ1) is 16.4. The first kappa shape index (κ1) is 23.7. The Morgan fingerprint density at radius 3 is 2.82 bits per heavy atom. The lowest BCUT2D eigenvalue weighted by Crippen LogP contribution is -2.52. The molecule has 4 rings (SSSR count). The molecule has 2 heterocycles. The molecule has 0 radical (unpaired) electrons. The SMILES string of the molecule is COCCc1nc(-c2ccc3c(c2)N(C(C)C(=O)Nc2ccccc2OC)C(=O)C(C)O3)cs1. The molecule has 0 bridgehead atoms. The molecular formula is C25H27N3O5S. The van der Waals surface area contributed by atoms with Crippen LogP contribution in [0.15, 0.2) is 47.8 Å². The standard InChI is InChI=1S/C25H27N3O5S/c1-15(24(29)27-18-7-5-6-8-21(18)32-4)28-20-13-17(9-10-22(20)33-16(2)25(28)30)19-14-34-23(26-19)11-12-31-3/h5-10,13-16H,11-12H2,1-4H3,(H,27,29). The van der Waals surface area contributed by atoms with Crippen LogP contribution in [0.25, 0.3) is 11.3 Å². The van der Waals surface area contributed by atoms with E-state index in [1.807, 2.05) is 29.6 Å². The van der Waals surface area contributed by atoms with E-state index >= 15 is 0 Å². The van der Waals surface area contributed by atoms with E-state index in [-0.39, 0.29) is 11.8 Å². The molecule has 0 saturated carbocycles. The van der Waals surface area contributed by atoms with Crippen molar-refractivity contribution >= 4 is 34.5 Å². The molecule has 0 aliphatic carbocycles. The van der Waals surface area contributed by atoms with Gasteiger partial charge in [0.25, 0.3) is 5.91 Å². The van der Waals surface area contributed by atoms with Crippen LogP contribution in [0.4, 0.5) is 11.4 Å². The monoisotopic (exact) mass is 481 g/mol. The fourth-order valence-electron chi connectivity index (χ4n) is 3.77. The van der Waals surface area contributed by atoms with Crippen molar-refractivity contribution in [2.75, 3.05) is 31.0 Å². The molecule has 0 saturated heterocycles. The summed E-state index contributed by atoms with van der Waals surface area (Å²) in [5.41, 5.74) is 2.72. The predicted octanol–water partition coefficient (Wildman–Crippen LogP) is 4.15. The van der Waals surface area contributed by atoms with Crippen molar-refractivity contribution in [2.45, 2.75) is 32.4 Å². The van der Waals surface area contributed by atoms with Crippen LogP contribution in [0.1, 0.15) is 18.9 Å². The second-order valence-corrected chi connectivity index (χ2v) is 8.83. The topological polar surface area (TPSA) is 90.0 Å². The minimum absolute atomic E-state index is 0.286. The summed E-state index contributed by atoms with van der Waals surface area (Å²) in [6.45, 7) is 3.98. The molecule has 1 aromatic heterocycles. The van der Waals surface area contributed by atoms with E-state index in [9.17, 15) is 9.59 Å². The number of para-hydroxylation sites is 2. The zero-order valence-electron chi connectivity index (χ0n) is 19.5. The Balaban J connectivity index is 1.64. The second-order valence-electron chi connectivity index (χ2n) is 7.89. The van der Waals surface area contributed by atoms with Gasteiger partial charge in [-0.3, -0.25) is 14.5 Å². The molecule has 2 aromatic carbocycles. The second kappa shape index (κ2) is 10.2. The van der Waals surface area contributed by atoms with E-state index in [0.29, 0.717) is 29.5 Å². The minimum Gasteiger partial charge on any atom is -0.495 e. The number of nitrogens with zero attached hydrogens (tertiary/aromatic N) is 2. The summed E-state index contributed by atoms with van der Waals surface area (Å²) in [6.07, 6.45) is 0.0251. The molecule has 178 valence electrons. The lowest BCUT2D eigenvalue weighted by molar-refractivity contribution is -0.128. The first-order valence-corrected chi connectivity index (χ1v) is 11.8. The molecule has 2 atom stereocenters. The van der Waals surface area contributed by atoms with E-state index in [1.54, 1.807) is 57.6 Å². The molecular weight excluding hydrogens is 454 g/mol. The summed E-state index contributed by atoms with van der Waals surface area (Å²) < 4.78 is 16.3. The van der Waals surface area contributed by atoms with Crippen molar-refractivity contribution in [3.8, 4) is 22.8 Å². The lowest BCUT2D eigenvalue weighted by atomic mass is 10.1. The third-order valence-corrected chi connectivity index (χ3v) is 6.52. The van der Waals surface area contributed by atoms with Gasteiger partial charge in [-0.1, -0.05) is 12.1 Å². The number of methoxy groups -OCH3 is 2. The van der Waals surface area contributed by atoms with E-state index in [1.165, 1.54) is 4.90 Å². The smallest absolute Gasteiger partial charge is 0.268 e. The maximum absolute atomic E-state index is 13.2. The molecule has 1 N–H and O–H groups in total. The molecule has 8 nitrogen and oxygen atoms in total. The highest BCUT2D eigenvalue weighted by molar-refractivity contribution is 7.09. The fraction of sp³-hybridized carbons (Fsp3) is 0.320. The van der Waals surface area contributed by atoms with E-state index < -0.39 is 12.1 Å². The highest BCUT2D eigenvalue weighted by Crippen LogP contribution is 2.39. The summed E-state index contributed by atoms with van der Waals surface area (Å²) in [5, 5.41) is 5.82. The normalized spacial score (nSPS) is 15.9. The van der Waals surface area contributed by atoms with Crippen LogP contribution in [-0.2, 0) is 20.7 Å². The summed E-state index contributed by atoms with van der Waals surface area (Å²) in [4.78, 5) is 32.5. The van der Waals surface area contributed by atoms with Gasteiger partial charge in [-0.25, -0.2) is 4.98 Å². The molecule has 2 unspecified atom stereocenters. The van der Waals surface area contributed by atoms with Gasteiger partial charge >= 0.3 is 0 Å². The van der Waals surface area contributed by atoms with Gasteiger partial charge in [-0.2, -0.15) is 0 Å². The largest absolute Gasteiger partial charge is 0.495 e. The Morgan fingerprint density at radius 2 is 2.06 bits per heavy atom. The summed E-state index contributed by atoms with van der Waals surface area (Å²) in [6, 6.07) is 11.9. The van der Waals surface area contributed by atoms with Crippen LogP contribution >= 0.6 is 11.3 Å². The average molecular weight is 482 g/mol. The molecule has 9 heteroatoms. The number of nitrogens with one attached hydrogen (secondary N) is 1. The Kier molecular flexibility index (Phi) is 7.14. The summed E-state index contributed by atoms with van der Waals surface area (Å²) in [7, 11) is 3.20. The number of fused-ring (bicyclic) bond motifs is 1. The summed E-state index contributed by atoms with van der Waals surface area (Å²) >= 11 is 1.56. The quantitative estimate of drug-likeness (QED) is 0.520. The number of benzene rings is 2. The van der Waals surface area contributed by atoms with Gasteiger partial charge in [0.2, 0.25) is 5.91 Å². The Labute approximate surface area is 202 Å². The number of carbonyl (C=O) groups is 2. The highest BCUT2D eigenvalue weighted by Gasteiger charge is 2.37. The van der Waals surface area contributed by atoms with Crippen molar-refractivity contribution in [1.29, 1.82) is 0 Å². The first-order valence-electron chi connectivity index (χ1n) is 10.9. The van der Waals surface area contributed by atoms with E-state index in [0.717, 1.165) is 22.7 Å². The van der Waals surface area contributed by atoms with Crippen LogP contribution in [0.3, 0.4) is 0 Å². The number of amides is 2. The van der Waals surface area contributed by atoms with Gasteiger partial charge in [0.15, 0.2) is 6.10 Å². The lowest BCUT2D eigenvalue weighted by Gasteiger charge is -2.36. The summed E-state index contributed by atoms with van der Waals surface area (Å²) in [5.74, 6) is 0.466. The van der Waals surface area contributed by atoms with Crippen molar-refractivity contribution in [2.24, 2.45) is 0 Å². The van der Waals surface area contributed by atoms with Crippen molar-refractivity contribution < 1.29 is 23.8 Å². The van der Waals surface area contributed by atoms with E-state index in [2.05, 4.69) is 10.3 Å². The number of rotatable bonds is 8. The molecule has 34 heavy (non-hydrogen) atoms. The third-order valence-electron chi connectivity index (χ3n) is 5.61.